The van der Waals surface area contributed by atoms with Crippen molar-refractivity contribution in [2.45, 2.75) is 18.7 Å². The Morgan fingerprint density at radius 2 is 1.97 bits per heavy atom. The number of ether oxygens (including phenoxy) is 1. The molecule has 0 radical (unpaired) electrons. The van der Waals surface area contributed by atoms with Crippen LogP contribution in [0.3, 0.4) is 0 Å². The van der Waals surface area contributed by atoms with Crippen LogP contribution in [0.15, 0.2) is 60.9 Å². The molecule has 0 bridgehead atoms. The van der Waals surface area contributed by atoms with Gasteiger partial charge in [0.05, 0.1) is 25.0 Å². The van der Waals surface area contributed by atoms with Gasteiger partial charge in [-0.25, -0.2) is 27.3 Å². The average molecular weight is 484 g/mol. The predicted octanol–water partition coefficient (Wildman–Crippen LogP) is 3.75. The van der Waals surface area contributed by atoms with Gasteiger partial charge in [-0.05, 0) is 24.6 Å². The van der Waals surface area contributed by atoms with E-state index < -0.39 is 10.0 Å². The molecule has 1 unspecified atom stereocenters. The van der Waals surface area contributed by atoms with Crippen LogP contribution in [0.5, 0.6) is 0 Å². The Kier molecular flexibility index (Phi) is 5.77. The number of hydrogen-bond acceptors (Lipinski definition) is 7. The molecule has 0 N–H and O–H groups in total. The standard InChI is InChI=1S/C23H22ClN5O3S/c1-16-14-32-12-11-28(16)21-13-20(24)26-22(27-21)18-7-9-25-23-19(18)8-10-29(23)33(30,31)15-17-5-3-2-4-6-17/h2-10,13,16H,11-12,14-15H2,1H3. The van der Waals surface area contributed by atoms with Gasteiger partial charge < -0.3 is 9.64 Å². The molecule has 1 aliphatic heterocycles. The second-order valence-corrected chi connectivity index (χ2v) is 10.2. The lowest BCUT2D eigenvalue weighted by molar-refractivity contribution is 0.0985. The first-order chi connectivity index (χ1) is 15.9. The number of morpholine rings is 1. The molecule has 4 heterocycles. The van der Waals surface area contributed by atoms with Gasteiger partial charge in [0.2, 0.25) is 10.0 Å². The summed E-state index contributed by atoms with van der Waals surface area (Å²) in [5, 5.41) is 0.951. The third kappa shape index (κ3) is 4.31. The number of nitrogens with zero attached hydrogens (tertiary/aromatic N) is 5. The monoisotopic (exact) mass is 483 g/mol. The van der Waals surface area contributed by atoms with Crippen molar-refractivity contribution < 1.29 is 13.2 Å². The number of fused-ring (bicyclic) bond motifs is 1. The molecule has 0 saturated carbocycles. The van der Waals surface area contributed by atoms with E-state index in [-0.39, 0.29) is 11.8 Å². The molecule has 170 valence electrons. The van der Waals surface area contributed by atoms with Crippen molar-refractivity contribution in [3.63, 3.8) is 0 Å². The first-order valence-electron chi connectivity index (χ1n) is 10.5. The Balaban J connectivity index is 1.56. The second kappa shape index (κ2) is 8.74. The molecule has 4 aromatic rings. The SMILES string of the molecule is CC1COCCN1c1cc(Cl)nc(-c2ccnc3c2ccn3S(=O)(=O)Cc2ccccc2)n1. The van der Waals surface area contributed by atoms with E-state index in [0.29, 0.717) is 58.7 Å². The van der Waals surface area contributed by atoms with Crippen LogP contribution in [0.4, 0.5) is 5.82 Å². The molecule has 0 spiro atoms. The van der Waals surface area contributed by atoms with E-state index in [4.69, 9.17) is 21.3 Å². The molecule has 1 atom stereocenters. The number of aromatic nitrogens is 4. The van der Waals surface area contributed by atoms with E-state index in [1.54, 1.807) is 36.5 Å². The minimum atomic E-state index is -3.67. The van der Waals surface area contributed by atoms with Gasteiger partial charge in [0.25, 0.3) is 0 Å². The van der Waals surface area contributed by atoms with E-state index >= 15 is 0 Å². The van der Waals surface area contributed by atoms with Crippen molar-refractivity contribution in [1.82, 2.24) is 18.9 Å². The van der Waals surface area contributed by atoms with E-state index in [1.807, 2.05) is 18.2 Å². The summed E-state index contributed by atoms with van der Waals surface area (Å²) in [5.41, 5.74) is 1.70. The molecule has 33 heavy (non-hydrogen) atoms. The Morgan fingerprint density at radius 3 is 2.76 bits per heavy atom. The number of anilines is 1. The highest BCUT2D eigenvalue weighted by atomic mass is 35.5. The number of pyridine rings is 1. The lowest BCUT2D eigenvalue weighted by atomic mass is 10.1. The van der Waals surface area contributed by atoms with Crippen molar-refractivity contribution in [3.05, 3.63) is 71.6 Å². The normalized spacial score (nSPS) is 16.9. The summed E-state index contributed by atoms with van der Waals surface area (Å²) in [6.45, 7) is 3.99. The molecule has 3 aromatic heterocycles. The van der Waals surface area contributed by atoms with Crippen LogP contribution in [-0.4, -0.2) is 53.1 Å². The summed E-state index contributed by atoms with van der Waals surface area (Å²) in [7, 11) is -3.67. The van der Waals surface area contributed by atoms with Gasteiger partial charge >= 0.3 is 0 Å². The van der Waals surface area contributed by atoms with Gasteiger partial charge in [0.1, 0.15) is 11.0 Å². The van der Waals surface area contributed by atoms with Crippen molar-refractivity contribution in [3.8, 4) is 11.4 Å². The number of hydrogen-bond donors (Lipinski definition) is 0. The summed E-state index contributed by atoms with van der Waals surface area (Å²) in [5.74, 6) is 1.000. The summed E-state index contributed by atoms with van der Waals surface area (Å²) in [6, 6.07) is 14.4. The Labute approximate surface area is 196 Å². The molecular weight excluding hydrogens is 462 g/mol. The van der Waals surface area contributed by atoms with Crippen molar-refractivity contribution in [2.24, 2.45) is 0 Å². The van der Waals surface area contributed by atoms with E-state index in [9.17, 15) is 8.42 Å². The fourth-order valence-electron chi connectivity index (χ4n) is 4.03. The van der Waals surface area contributed by atoms with E-state index in [1.165, 1.54) is 10.2 Å². The van der Waals surface area contributed by atoms with E-state index in [0.717, 1.165) is 0 Å². The van der Waals surface area contributed by atoms with E-state index in [2.05, 4.69) is 21.8 Å². The first kappa shape index (κ1) is 21.8. The Morgan fingerprint density at radius 1 is 1.15 bits per heavy atom. The molecule has 1 aromatic carbocycles. The molecule has 1 saturated heterocycles. The molecule has 5 rings (SSSR count). The fourth-order valence-corrected chi connectivity index (χ4v) is 5.62. The smallest absolute Gasteiger partial charge is 0.244 e. The van der Waals surface area contributed by atoms with Gasteiger partial charge in [-0.15, -0.1) is 0 Å². The molecule has 10 heteroatoms. The first-order valence-corrected chi connectivity index (χ1v) is 12.5. The quantitative estimate of drug-likeness (QED) is 0.399. The number of rotatable bonds is 5. The third-order valence-corrected chi connectivity index (χ3v) is 7.42. The van der Waals surface area contributed by atoms with Crippen LogP contribution in [0.25, 0.3) is 22.4 Å². The minimum absolute atomic E-state index is 0.129. The second-order valence-electron chi connectivity index (χ2n) is 7.94. The number of benzene rings is 1. The highest BCUT2D eigenvalue weighted by Crippen LogP contribution is 2.30. The zero-order valence-electron chi connectivity index (χ0n) is 17.9. The van der Waals surface area contributed by atoms with Crippen LogP contribution in [0, 0.1) is 0 Å². The van der Waals surface area contributed by atoms with Gasteiger partial charge in [0.15, 0.2) is 11.5 Å². The molecule has 0 aliphatic carbocycles. The molecule has 8 nitrogen and oxygen atoms in total. The van der Waals surface area contributed by atoms with Crippen molar-refractivity contribution in [1.29, 1.82) is 0 Å². The van der Waals surface area contributed by atoms with Crippen LogP contribution < -0.4 is 4.90 Å². The maximum atomic E-state index is 13.1. The highest BCUT2D eigenvalue weighted by molar-refractivity contribution is 7.89. The van der Waals surface area contributed by atoms with Gasteiger partial charge in [-0.3, -0.25) is 0 Å². The van der Waals surface area contributed by atoms with Gasteiger partial charge in [0, 0.05) is 36.0 Å². The molecule has 1 fully saturated rings. The molecule has 0 amide bonds. The summed E-state index contributed by atoms with van der Waals surface area (Å²) in [4.78, 5) is 15.7. The zero-order chi connectivity index (χ0) is 23.0. The van der Waals surface area contributed by atoms with Crippen LogP contribution in [0.2, 0.25) is 5.15 Å². The molecular formula is C23H22ClN5O3S. The van der Waals surface area contributed by atoms with Gasteiger partial charge in [-0.1, -0.05) is 41.9 Å². The lowest BCUT2D eigenvalue weighted by Crippen LogP contribution is -2.44. The fraction of sp³-hybridized carbons (Fsp3) is 0.261. The zero-order valence-corrected chi connectivity index (χ0v) is 19.5. The Hall–Kier alpha value is -3.01. The summed E-state index contributed by atoms with van der Waals surface area (Å²) in [6.07, 6.45) is 3.09. The van der Waals surface area contributed by atoms with Crippen molar-refractivity contribution in [2.75, 3.05) is 24.7 Å². The third-order valence-electron chi connectivity index (χ3n) is 5.63. The topological polar surface area (TPSA) is 90.2 Å². The maximum Gasteiger partial charge on any atom is 0.244 e. The number of halogens is 1. The minimum Gasteiger partial charge on any atom is -0.377 e. The van der Waals surface area contributed by atoms with Crippen LogP contribution in [0.1, 0.15) is 12.5 Å². The van der Waals surface area contributed by atoms with Crippen molar-refractivity contribution >= 4 is 38.5 Å². The largest absolute Gasteiger partial charge is 0.377 e. The lowest BCUT2D eigenvalue weighted by Gasteiger charge is -2.34. The molecule has 1 aliphatic rings. The van der Waals surface area contributed by atoms with Crippen LogP contribution >= 0.6 is 11.6 Å². The average Bonchev–Trinajstić information content (AvgIpc) is 3.25. The highest BCUT2D eigenvalue weighted by Gasteiger charge is 2.23. The van der Waals surface area contributed by atoms with Crippen LogP contribution in [-0.2, 0) is 20.5 Å². The predicted molar refractivity (Wildman–Crippen MR) is 128 cm³/mol. The Bertz CT molecular complexity index is 1410. The summed E-state index contributed by atoms with van der Waals surface area (Å²) < 4.78 is 33.0. The van der Waals surface area contributed by atoms with Gasteiger partial charge in [-0.2, -0.15) is 0 Å². The maximum absolute atomic E-state index is 13.1. The summed E-state index contributed by atoms with van der Waals surface area (Å²) >= 11 is 6.36.